The predicted molar refractivity (Wildman–Crippen MR) is 583 cm³/mol. The molecule has 0 aromatic carbocycles. The molecule has 0 radical (unpaired) electrons. The zero-order valence-electron chi connectivity index (χ0n) is 88.0. The molecular formula is C119H208O16P2. The largest absolute Gasteiger partial charge is 0.472 e. The van der Waals surface area contributed by atoms with Gasteiger partial charge >= 0.3 is 33.6 Å². The molecule has 0 heterocycles. The summed E-state index contributed by atoms with van der Waals surface area (Å²) in [5.41, 5.74) is 0. The molecule has 0 spiro atoms. The zero-order valence-corrected chi connectivity index (χ0v) is 89.8. The third kappa shape index (κ3) is 111. The van der Waals surface area contributed by atoms with E-state index in [9.17, 15) is 43.5 Å². The zero-order chi connectivity index (χ0) is 99.2. The van der Waals surface area contributed by atoms with Crippen molar-refractivity contribution in [1.82, 2.24) is 0 Å². The number of hydrogen-bond acceptors (Lipinski definition) is 14. The minimum Gasteiger partial charge on any atom is -0.463 e. The van der Waals surface area contributed by atoms with Gasteiger partial charge in [-0.2, -0.15) is 0 Å². The summed E-state index contributed by atoms with van der Waals surface area (Å²) in [7, 11) is -9.82. The van der Waals surface area contributed by atoms with E-state index in [2.05, 4.69) is 191 Å². The first-order valence-corrected chi connectivity index (χ1v) is 59.4. The standard InChI is InChI=1S/C119H208O16P2/c1-4-7-10-13-16-19-22-25-28-31-34-37-40-43-46-49-52-55-56-59-61-63-66-69-72-75-78-81-84-87-90-93-96-99-102-105-117(122)129-108-114(120)109-131-136(125,126)132-110-115(121)111-133-137(127,128)134-113-116(135-119(124)107-104-101-98-95-92-89-86-83-80-77-74-71-68-65-62-58-54-51-48-45-42-39-36-33-30-27-24-21-18-15-12-9-6-3)112-130-118(123)106-103-100-97-94-91-88-85-82-79-76-73-70-67-64-60-57-53-50-47-44-41-38-35-32-29-26-23-20-17-14-11-8-5-2/h8,11,16-21,25-30,34-39,43-48,53,57,114-116,120-121H,4-7,9-10,12-15,22-24,31-33,40-42,49-52,54-56,58-113H2,1-3H3,(H,125,126)(H,127,128)/b11-8-,19-16-,20-17-,21-18-,28-25-,29-26-,30-27-,37-34-,38-35-,39-36-,46-43-,47-44-,48-45-,57-53-. The first-order valence-electron chi connectivity index (χ1n) is 56.4. The summed E-state index contributed by atoms with van der Waals surface area (Å²) in [5, 5.41) is 20.8. The van der Waals surface area contributed by atoms with Gasteiger partial charge in [0.2, 0.25) is 0 Å². The Hall–Kier alpha value is -5.09. The molecule has 0 bridgehead atoms. The van der Waals surface area contributed by atoms with Crippen LogP contribution in [0.25, 0.3) is 0 Å². The summed E-state index contributed by atoms with van der Waals surface area (Å²) < 4.78 is 61.9. The van der Waals surface area contributed by atoms with E-state index in [4.69, 9.17) is 32.3 Å². The van der Waals surface area contributed by atoms with Crippen LogP contribution in [0.3, 0.4) is 0 Å². The number of allylic oxidation sites excluding steroid dienone is 28. The van der Waals surface area contributed by atoms with Gasteiger partial charge in [0.05, 0.1) is 26.4 Å². The molecule has 790 valence electrons. The van der Waals surface area contributed by atoms with Gasteiger partial charge in [0.25, 0.3) is 0 Å². The second-order valence-corrected chi connectivity index (χ2v) is 40.7. The lowest BCUT2D eigenvalue weighted by molar-refractivity contribution is -0.161. The van der Waals surface area contributed by atoms with Crippen LogP contribution in [-0.4, -0.2) is 95.9 Å². The molecule has 0 saturated carbocycles. The number of ether oxygens (including phenoxy) is 3. The van der Waals surface area contributed by atoms with Crippen LogP contribution in [0.5, 0.6) is 0 Å². The molecule has 0 fully saturated rings. The average Bonchev–Trinajstić information content (AvgIpc) is 0.899. The van der Waals surface area contributed by atoms with Gasteiger partial charge in [0, 0.05) is 19.3 Å². The molecule has 0 saturated heterocycles. The Kier molecular flexibility index (Phi) is 106. The van der Waals surface area contributed by atoms with E-state index in [-0.39, 0.29) is 19.3 Å². The van der Waals surface area contributed by atoms with Crippen molar-refractivity contribution < 1.29 is 75.8 Å². The third-order valence-corrected chi connectivity index (χ3v) is 26.3. The van der Waals surface area contributed by atoms with E-state index < -0.39 is 91.5 Å². The minimum atomic E-state index is -4.95. The summed E-state index contributed by atoms with van der Waals surface area (Å²) in [6.45, 7) is 2.62. The van der Waals surface area contributed by atoms with Crippen molar-refractivity contribution in [3.8, 4) is 0 Å². The number of aliphatic hydroxyl groups is 2. The summed E-state index contributed by atoms with van der Waals surface area (Å²) in [5.74, 6) is -1.55. The fourth-order valence-electron chi connectivity index (χ4n) is 15.9. The Morgan fingerprint density at radius 1 is 0.212 bits per heavy atom. The third-order valence-electron chi connectivity index (χ3n) is 24.4. The second kappa shape index (κ2) is 110. The topological polar surface area (TPSA) is 231 Å². The first-order chi connectivity index (χ1) is 67.2. The van der Waals surface area contributed by atoms with Gasteiger partial charge in [0.1, 0.15) is 25.4 Å². The number of rotatable bonds is 107. The normalized spacial score (nSPS) is 14.2. The van der Waals surface area contributed by atoms with Gasteiger partial charge < -0.3 is 34.2 Å². The van der Waals surface area contributed by atoms with Crippen molar-refractivity contribution in [2.24, 2.45) is 0 Å². The van der Waals surface area contributed by atoms with Gasteiger partial charge in [-0.05, 0) is 161 Å². The highest BCUT2D eigenvalue weighted by Crippen LogP contribution is 2.45. The lowest BCUT2D eigenvalue weighted by Gasteiger charge is -2.21. The Morgan fingerprint density at radius 3 is 0.613 bits per heavy atom. The summed E-state index contributed by atoms with van der Waals surface area (Å²) in [6, 6.07) is 0. The van der Waals surface area contributed by atoms with E-state index in [0.717, 1.165) is 148 Å². The van der Waals surface area contributed by atoms with Crippen molar-refractivity contribution in [3.63, 3.8) is 0 Å². The number of carbonyl (C=O) groups is 3. The Balaban J connectivity index is 4.59. The van der Waals surface area contributed by atoms with Crippen molar-refractivity contribution in [3.05, 3.63) is 170 Å². The Labute approximate surface area is 841 Å². The number of phosphoric ester groups is 2. The molecule has 16 nitrogen and oxygen atoms in total. The molecule has 0 aliphatic rings. The molecule has 0 rings (SSSR count). The number of esters is 3. The number of carbonyl (C=O) groups excluding carboxylic acids is 3. The lowest BCUT2D eigenvalue weighted by atomic mass is 10.0. The van der Waals surface area contributed by atoms with E-state index in [1.807, 2.05) is 0 Å². The molecule has 5 atom stereocenters. The van der Waals surface area contributed by atoms with Crippen molar-refractivity contribution in [2.75, 3.05) is 39.6 Å². The molecule has 137 heavy (non-hydrogen) atoms. The molecule has 0 aliphatic carbocycles. The van der Waals surface area contributed by atoms with E-state index in [1.165, 1.54) is 302 Å². The second-order valence-electron chi connectivity index (χ2n) is 37.8. The lowest BCUT2D eigenvalue weighted by Crippen LogP contribution is -2.30. The van der Waals surface area contributed by atoms with Crippen molar-refractivity contribution >= 4 is 33.6 Å². The van der Waals surface area contributed by atoms with Gasteiger partial charge in [-0.25, -0.2) is 9.13 Å². The molecule has 18 heteroatoms. The van der Waals surface area contributed by atoms with Crippen LogP contribution in [0.15, 0.2) is 170 Å². The highest BCUT2D eigenvalue weighted by atomic mass is 31.2. The first kappa shape index (κ1) is 132. The maximum Gasteiger partial charge on any atom is 0.472 e. The maximum absolute atomic E-state index is 13.2. The van der Waals surface area contributed by atoms with E-state index >= 15 is 0 Å². The molecule has 0 amide bonds. The van der Waals surface area contributed by atoms with Crippen LogP contribution in [0.4, 0.5) is 0 Å². The van der Waals surface area contributed by atoms with Crippen molar-refractivity contribution in [2.45, 2.75) is 527 Å². The smallest absolute Gasteiger partial charge is 0.463 e. The van der Waals surface area contributed by atoms with Crippen LogP contribution in [0.1, 0.15) is 509 Å². The van der Waals surface area contributed by atoms with Gasteiger partial charge in [-0.15, -0.1) is 0 Å². The average molecular weight is 1960 g/mol. The highest BCUT2D eigenvalue weighted by Gasteiger charge is 2.30. The monoisotopic (exact) mass is 1960 g/mol. The van der Waals surface area contributed by atoms with E-state index in [0.29, 0.717) is 19.3 Å². The summed E-state index contributed by atoms with van der Waals surface area (Å²) in [6.07, 6.45) is 146. The van der Waals surface area contributed by atoms with E-state index in [1.54, 1.807) is 0 Å². The molecular weight excluding hydrogens is 1750 g/mol. The quantitative estimate of drug-likeness (QED) is 0.0146. The van der Waals surface area contributed by atoms with Crippen LogP contribution in [0.2, 0.25) is 0 Å². The number of phosphoric acid groups is 2. The molecule has 0 aromatic heterocycles. The van der Waals surface area contributed by atoms with Crippen LogP contribution in [-0.2, 0) is 55.8 Å². The van der Waals surface area contributed by atoms with Crippen LogP contribution in [0, 0.1) is 0 Å². The molecule has 0 aliphatic heterocycles. The summed E-state index contributed by atoms with van der Waals surface area (Å²) >= 11 is 0. The molecule has 0 aromatic rings. The number of hydrogen-bond donors (Lipinski definition) is 4. The van der Waals surface area contributed by atoms with Gasteiger partial charge in [-0.3, -0.25) is 32.5 Å². The number of unbranched alkanes of at least 4 members (excludes halogenated alkanes) is 56. The van der Waals surface area contributed by atoms with Gasteiger partial charge in [0.15, 0.2) is 6.10 Å². The van der Waals surface area contributed by atoms with Crippen LogP contribution >= 0.6 is 15.6 Å². The minimum absolute atomic E-state index is 0.104. The predicted octanol–water partition coefficient (Wildman–Crippen LogP) is 36.5. The fraction of sp³-hybridized carbons (Fsp3) is 0.739. The molecule has 4 N–H and O–H groups in total. The summed E-state index contributed by atoms with van der Waals surface area (Å²) in [4.78, 5) is 59.4. The van der Waals surface area contributed by atoms with Crippen LogP contribution < -0.4 is 0 Å². The van der Waals surface area contributed by atoms with Gasteiger partial charge in [-0.1, -0.05) is 499 Å². The van der Waals surface area contributed by atoms with Crippen molar-refractivity contribution in [1.29, 1.82) is 0 Å². The maximum atomic E-state index is 13.2. The SMILES string of the molecule is CC/C=C\C/C=C\C/C=C\C/C=C\C/C=C\C/C=C\CCCCCCCCCCCCCCCCC(=O)OCC(COP(=O)(O)OCC(O)COP(=O)(O)OCC(O)COC(=O)CCCCCCCCCCCCCCCCCCCCC/C=C\C/C=C\C/C=C\C/C=C\CCCCC)OC(=O)CCCCCCCCCCCCCCCCCCC/C=C\C/C=C\C/C=C\C/C=C\CCCCC. The Bertz CT molecular complexity index is 3170. The molecule has 5 unspecified atom stereocenters. The Morgan fingerprint density at radius 2 is 0.387 bits per heavy atom. The number of aliphatic hydroxyl groups excluding tert-OH is 2. The highest BCUT2D eigenvalue weighted by molar-refractivity contribution is 7.47. The fourth-order valence-corrected chi connectivity index (χ4v) is 17.5.